The zero-order chi connectivity index (χ0) is 76.1. The molecule has 2 atom stereocenters. The van der Waals surface area contributed by atoms with E-state index >= 15 is 105 Å². The zero-order valence-corrected chi connectivity index (χ0v) is 51.3. The van der Waals surface area contributed by atoms with Crippen molar-refractivity contribution in [3.05, 3.63) is 192 Å². The number of rotatable bonds is 18. The normalized spacial score (nSPS) is 13.1. The summed E-state index contributed by atoms with van der Waals surface area (Å²) in [5, 5.41) is -26.7. The molecule has 0 bridgehead atoms. The third-order valence-electron chi connectivity index (χ3n) is 17.2. The van der Waals surface area contributed by atoms with Gasteiger partial charge in [-0.05, 0) is 46.7 Å². The monoisotopic (exact) mass is 1520 g/mol. The Morgan fingerprint density at radius 2 is 0.554 bits per heavy atom. The number of halogens is 36. The number of unbranched alkanes of at least 4 members (excludes halogenated alkanes) is 4. The molecule has 38 heteroatoms. The summed E-state index contributed by atoms with van der Waals surface area (Å²) >= 11 is -10.2. The Bertz CT molecular complexity index is 4390. The minimum Gasteiger partial charge on any atom is -0.300 e. The smallest absolute Gasteiger partial charge is 0.300 e. The van der Waals surface area contributed by atoms with Gasteiger partial charge in [0.25, 0.3) is 13.1 Å². The Balaban J connectivity index is 0.000000341. The van der Waals surface area contributed by atoms with Crippen LogP contribution in [-0.2, 0) is 5.92 Å². The Morgan fingerprint density at radius 1 is 0.287 bits per heavy atom. The van der Waals surface area contributed by atoms with Crippen LogP contribution in [0.3, 0.4) is 0 Å². The van der Waals surface area contributed by atoms with Gasteiger partial charge in [0, 0.05) is 6.07 Å². The lowest BCUT2D eigenvalue weighted by Gasteiger charge is -2.44. The highest BCUT2D eigenvalue weighted by molar-refractivity contribution is 7.23. The molecule has 0 spiro atoms. The SMILES string of the molecule is CCCCCC[NH+](CCC(CC)CCCC)c1cc(F)c(F)c(C(F)(F)C(F)(F)F)c1F.Fc1c(F)c(F)c2[c]([Al-]([c]3c(F)c(F)c(F)c4c(F)c(F)c(F)c(F)c34)([c]3c(F)c(F)c(F)c4c(F)c(F)c(F)c(F)c34)[c]3c(F)c(F)c(F)c4c(F)c(F)c(F)c(F)c34)c(F)c(F)c(F)c2c1F. The highest BCUT2D eigenvalue weighted by Crippen LogP contribution is 2.48. The number of benzene rings is 9. The highest BCUT2D eigenvalue weighted by Gasteiger charge is 2.63. The van der Waals surface area contributed by atoms with Gasteiger partial charge in [0.1, 0.15) is 28.8 Å². The van der Waals surface area contributed by atoms with Crippen molar-refractivity contribution in [1.29, 1.82) is 0 Å². The second kappa shape index (κ2) is 28.7. The van der Waals surface area contributed by atoms with E-state index < -0.39 is 278 Å². The van der Waals surface area contributed by atoms with Gasteiger partial charge >= 0.3 is 12.1 Å². The number of fused-ring (bicyclic) bond motifs is 4. The molecule has 0 heterocycles. The molecule has 101 heavy (non-hydrogen) atoms. The molecule has 9 aromatic carbocycles. The largest absolute Gasteiger partial charge is 0.458 e. The first-order valence-corrected chi connectivity index (χ1v) is 31.1. The second-order valence-electron chi connectivity index (χ2n) is 22.7. The minimum absolute atomic E-state index is 0.225. The number of hydrogen-bond acceptors (Lipinski definition) is 0. The quantitative estimate of drug-likeness (QED) is 0.0287. The lowest BCUT2D eigenvalue weighted by Crippen LogP contribution is -3.07. The number of hydrogen-bond donors (Lipinski definition) is 1. The van der Waals surface area contributed by atoms with Crippen LogP contribution in [0.15, 0.2) is 6.07 Å². The van der Waals surface area contributed by atoms with Crippen LogP contribution in [0.5, 0.6) is 0 Å². The van der Waals surface area contributed by atoms with E-state index in [0.717, 1.165) is 44.9 Å². The van der Waals surface area contributed by atoms with E-state index in [9.17, 15) is 52.7 Å². The summed E-state index contributed by atoms with van der Waals surface area (Å²) in [5.74, 6) is -116. The summed E-state index contributed by atoms with van der Waals surface area (Å²) in [4.78, 5) is 0.256. The second-order valence-corrected chi connectivity index (χ2v) is 26.7. The Morgan fingerprint density at radius 3 is 0.812 bits per heavy atom. The zero-order valence-electron chi connectivity index (χ0n) is 50.1. The average Bonchev–Trinajstić information content (AvgIpc) is 0.662. The molecule has 2 unspecified atom stereocenters. The summed E-state index contributed by atoms with van der Waals surface area (Å²) in [6, 6.07) is 0.419. The molecule has 0 aromatic heterocycles. The standard InChI is InChI=1S/C23H33F8N.4C10F7.Al/c1-4-7-9-10-13-32(14-12-16(6-3)11-8-5-2)18-15-17(24)20(25)19(21(18)26)22(27,28)23(29,30)31;4*11-3-1-2-4(7(14)6(3)13)8(15)10(17)9(16)5(2)12;/h15-16H,4-14H2,1-3H3;;;;;/q;;;;;-1/p+1. The summed E-state index contributed by atoms with van der Waals surface area (Å²) in [6.07, 6.45) is 1.11. The van der Waals surface area contributed by atoms with Crippen LogP contribution in [0.25, 0.3) is 43.1 Å². The van der Waals surface area contributed by atoms with Gasteiger partial charge < -0.3 is 0 Å². The third kappa shape index (κ3) is 12.1. The van der Waals surface area contributed by atoms with Gasteiger partial charge in [0.2, 0.25) is 0 Å². The van der Waals surface area contributed by atoms with E-state index in [1.54, 1.807) is 0 Å². The Kier molecular flexibility index (Phi) is 22.3. The Labute approximate surface area is 542 Å². The van der Waals surface area contributed by atoms with Crippen molar-refractivity contribution in [1.82, 2.24) is 0 Å². The predicted octanol–water partition coefficient (Wildman–Crippen LogP) is 19.0. The van der Waals surface area contributed by atoms with Crippen molar-refractivity contribution in [2.75, 3.05) is 13.1 Å². The number of alkyl halides is 5. The molecule has 9 rings (SSSR count). The molecule has 0 aliphatic rings. The van der Waals surface area contributed by atoms with Crippen molar-refractivity contribution >= 4 is 79.6 Å². The molecule has 0 aliphatic heterocycles. The van der Waals surface area contributed by atoms with Gasteiger partial charge in [-0.25, -0.2) is 132 Å². The van der Waals surface area contributed by atoms with Crippen molar-refractivity contribution < 1.29 is 163 Å². The van der Waals surface area contributed by atoms with Crippen LogP contribution in [0.2, 0.25) is 0 Å². The van der Waals surface area contributed by atoms with Crippen molar-refractivity contribution in [3.63, 3.8) is 0 Å². The van der Waals surface area contributed by atoms with Crippen LogP contribution >= 0.6 is 0 Å². The molecule has 0 amide bonds. The molecule has 0 aliphatic carbocycles. The summed E-state index contributed by atoms with van der Waals surface area (Å²) in [6.45, 7) is 6.46. The topological polar surface area (TPSA) is 4.44 Å². The first-order chi connectivity index (χ1) is 46.9. The fourth-order valence-corrected chi connectivity index (χ4v) is 19.0. The fraction of sp³-hybridized carbons (Fsp3) is 0.270. The Hall–Kier alpha value is -8.01. The van der Waals surface area contributed by atoms with Crippen LogP contribution in [0, 0.1) is 186 Å². The van der Waals surface area contributed by atoms with E-state index in [-0.39, 0.29) is 23.9 Å². The first-order valence-electron chi connectivity index (χ1n) is 28.8. The van der Waals surface area contributed by atoms with E-state index in [2.05, 4.69) is 0 Å². The van der Waals surface area contributed by atoms with Gasteiger partial charge in [-0.3, -0.25) is 4.90 Å². The van der Waals surface area contributed by atoms with Crippen LogP contribution < -0.4 is 22.6 Å². The van der Waals surface area contributed by atoms with Gasteiger partial charge in [-0.1, -0.05) is 59.3 Å². The molecule has 546 valence electrons. The summed E-state index contributed by atoms with van der Waals surface area (Å²) in [5.41, 5.74) is -3.24. The maximum atomic E-state index is 17.3. The number of quaternary nitrogens is 1. The summed E-state index contributed by atoms with van der Waals surface area (Å²) in [7, 11) is 0. The lowest BCUT2D eigenvalue weighted by molar-refractivity contribution is -0.835. The minimum atomic E-state index is -10.2. The van der Waals surface area contributed by atoms with Crippen LogP contribution in [-0.4, -0.2) is 32.3 Å². The van der Waals surface area contributed by atoms with E-state index in [1.165, 1.54) is 0 Å². The van der Waals surface area contributed by atoms with Crippen LogP contribution in [0.1, 0.15) is 84.1 Å². The molecular formula is C63H34AlF36N. The maximum Gasteiger partial charge on any atom is 0.458 e. The number of nitrogens with one attached hydrogen (secondary N) is 1. The highest BCUT2D eigenvalue weighted by atomic mass is 27.2. The molecule has 0 saturated heterocycles. The van der Waals surface area contributed by atoms with Gasteiger partial charge in [-0.2, -0.15) is 44.0 Å². The van der Waals surface area contributed by atoms with Crippen molar-refractivity contribution in [2.24, 2.45) is 5.92 Å². The van der Waals surface area contributed by atoms with Crippen molar-refractivity contribution in [3.8, 4) is 0 Å². The van der Waals surface area contributed by atoms with Gasteiger partial charge in [-0.15, -0.1) is 0 Å². The first kappa shape index (κ1) is 78.7. The van der Waals surface area contributed by atoms with E-state index in [0.29, 0.717) is 18.9 Å². The van der Waals surface area contributed by atoms with Gasteiger partial charge in [0.05, 0.1) is 34.6 Å². The molecule has 9 aromatic rings. The van der Waals surface area contributed by atoms with Crippen molar-refractivity contribution in [2.45, 2.75) is 90.7 Å². The average molecular weight is 1520 g/mol. The molecule has 0 radical (unpaired) electrons. The predicted molar refractivity (Wildman–Crippen MR) is 288 cm³/mol. The molecule has 1 N–H and O–H groups in total. The molecule has 0 saturated carbocycles. The molecule has 0 fully saturated rings. The van der Waals surface area contributed by atoms with Crippen LogP contribution in [0.4, 0.5) is 164 Å². The third-order valence-corrected chi connectivity index (χ3v) is 22.8. The molecule has 1 nitrogen and oxygen atoms in total. The van der Waals surface area contributed by atoms with Gasteiger partial charge in [0.15, 0.2) is 163 Å². The van der Waals surface area contributed by atoms with E-state index in [1.807, 2.05) is 20.8 Å². The van der Waals surface area contributed by atoms with E-state index in [4.69, 9.17) is 0 Å². The summed E-state index contributed by atoms with van der Waals surface area (Å²) < 4.78 is 541. The maximum absolute atomic E-state index is 17.3. The lowest BCUT2D eigenvalue weighted by atomic mass is 9.95. The fourth-order valence-electron chi connectivity index (χ4n) is 12.5. The molecular weight excluding hydrogens is 1480 g/mol.